The quantitative estimate of drug-likeness (QED) is 0.485. The molecule has 13 heavy (non-hydrogen) atoms. The number of carboxylic acid groups (broad SMARTS) is 2. The van der Waals surface area contributed by atoms with Crippen molar-refractivity contribution in [1.29, 1.82) is 0 Å². The molecule has 0 aliphatic carbocycles. The van der Waals surface area contributed by atoms with Gasteiger partial charge < -0.3 is 10.2 Å². The summed E-state index contributed by atoms with van der Waals surface area (Å²) in [7, 11) is 0. The molecule has 4 nitrogen and oxygen atoms in total. The van der Waals surface area contributed by atoms with Gasteiger partial charge in [0.05, 0.1) is 0 Å². The molecule has 0 rings (SSSR count). The fourth-order valence-electron chi connectivity index (χ4n) is 1.14. The maximum atomic E-state index is 10.5. The van der Waals surface area contributed by atoms with Gasteiger partial charge in [0.25, 0.3) is 0 Å². The zero-order chi connectivity index (χ0) is 10.4. The number of hydrogen-bond donors (Lipinski definition) is 2. The van der Waals surface area contributed by atoms with Crippen molar-refractivity contribution in [3.63, 3.8) is 0 Å². The number of rotatable bonds is 6. The van der Waals surface area contributed by atoms with Crippen LogP contribution in [0, 0.1) is 11.8 Å². The molecule has 0 aliphatic heterocycles. The van der Waals surface area contributed by atoms with E-state index in [1.807, 2.05) is 0 Å². The molecular weight excluding hydrogens is 172 g/mol. The molecule has 4 heteroatoms. The Bertz CT molecular complexity index is 196. The van der Waals surface area contributed by atoms with E-state index in [9.17, 15) is 9.59 Å². The summed E-state index contributed by atoms with van der Waals surface area (Å²) in [4.78, 5) is 21.1. The molecule has 0 aliphatic rings. The summed E-state index contributed by atoms with van der Waals surface area (Å²) in [6.07, 6.45) is 2.82. The van der Waals surface area contributed by atoms with Gasteiger partial charge in [0.2, 0.25) is 0 Å². The van der Waals surface area contributed by atoms with Crippen LogP contribution in [-0.2, 0) is 9.59 Å². The lowest BCUT2D eigenvalue weighted by Crippen LogP contribution is -2.29. The zero-order valence-corrected chi connectivity index (χ0v) is 7.56. The minimum absolute atomic E-state index is 0.368. The van der Waals surface area contributed by atoms with Crippen molar-refractivity contribution in [3.8, 4) is 0 Å². The van der Waals surface area contributed by atoms with Crippen LogP contribution in [0.15, 0.2) is 12.7 Å². The van der Waals surface area contributed by atoms with Crippen LogP contribution < -0.4 is 0 Å². The molecule has 0 radical (unpaired) electrons. The lowest BCUT2D eigenvalue weighted by Gasteiger charge is -2.14. The van der Waals surface area contributed by atoms with Crippen molar-refractivity contribution in [3.05, 3.63) is 12.7 Å². The van der Waals surface area contributed by atoms with Gasteiger partial charge in [0.15, 0.2) is 5.92 Å². The second-order valence-electron chi connectivity index (χ2n) is 3.00. The van der Waals surface area contributed by atoms with E-state index in [4.69, 9.17) is 10.2 Å². The van der Waals surface area contributed by atoms with E-state index in [2.05, 4.69) is 6.58 Å². The lowest BCUT2D eigenvalue weighted by molar-refractivity contribution is -0.157. The molecule has 0 saturated heterocycles. The Kier molecular flexibility index (Phi) is 4.80. The summed E-state index contributed by atoms with van der Waals surface area (Å²) in [6.45, 7) is 5.11. The smallest absolute Gasteiger partial charge is 0.318 e. The van der Waals surface area contributed by atoms with Gasteiger partial charge in [-0.05, 0) is 18.8 Å². The van der Waals surface area contributed by atoms with Gasteiger partial charge in [-0.25, -0.2) is 0 Å². The third kappa shape index (κ3) is 3.73. The second kappa shape index (κ2) is 5.35. The molecule has 0 heterocycles. The minimum atomic E-state index is -1.31. The number of allylic oxidation sites excluding steroid dienone is 1. The van der Waals surface area contributed by atoms with Crippen LogP contribution in [0.3, 0.4) is 0 Å². The third-order valence-corrected chi connectivity index (χ3v) is 1.93. The summed E-state index contributed by atoms with van der Waals surface area (Å²) in [5, 5.41) is 17.2. The highest BCUT2D eigenvalue weighted by Crippen LogP contribution is 2.18. The Morgan fingerprint density at radius 1 is 1.38 bits per heavy atom. The van der Waals surface area contributed by atoms with Gasteiger partial charge in [0, 0.05) is 0 Å². The predicted octanol–water partition coefficient (Wildman–Crippen LogP) is 1.37. The van der Waals surface area contributed by atoms with Crippen LogP contribution in [0.1, 0.15) is 19.8 Å². The Morgan fingerprint density at radius 2 is 1.85 bits per heavy atom. The summed E-state index contributed by atoms with van der Waals surface area (Å²) in [6, 6.07) is 0. The molecule has 0 aromatic rings. The molecule has 0 unspecified atom stereocenters. The molecule has 0 saturated carbocycles. The van der Waals surface area contributed by atoms with E-state index >= 15 is 0 Å². The molecule has 0 fully saturated rings. The van der Waals surface area contributed by atoms with Crippen molar-refractivity contribution < 1.29 is 19.8 Å². The maximum absolute atomic E-state index is 10.5. The molecule has 2 N–H and O–H groups in total. The maximum Gasteiger partial charge on any atom is 0.318 e. The molecule has 0 aromatic heterocycles. The van der Waals surface area contributed by atoms with Gasteiger partial charge in [-0.1, -0.05) is 13.0 Å². The number of carboxylic acids is 2. The van der Waals surface area contributed by atoms with Gasteiger partial charge in [0.1, 0.15) is 0 Å². The molecule has 0 amide bonds. The molecule has 74 valence electrons. The molecule has 0 aromatic carbocycles. The number of carbonyl (C=O) groups is 2. The molecule has 0 spiro atoms. The highest BCUT2D eigenvalue weighted by molar-refractivity contribution is 5.93. The standard InChI is InChI=1S/C9H14O4/c1-3-4-5-6(2)7(8(10)11)9(12)13/h3,6-7H,1,4-5H2,2H3,(H,10,11)(H,12,13)/t6-/m0/s1. The van der Waals surface area contributed by atoms with Crippen LogP contribution in [0.25, 0.3) is 0 Å². The first-order valence-corrected chi connectivity index (χ1v) is 4.07. The SMILES string of the molecule is C=CCC[C@H](C)C(C(=O)O)C(=O)O. The molecule has 0 bridgehead atoms. The third-order valence-electron chi connectivity index (χ3n) is 1.93. The average molecular weight is 186 g/mol. The average Bonchev–Trinajstić information content (AvgIpc) is 1.99. The van der Waals surface area contributed by atoms with E-state index in [-0.39, 0.29) is 5.92 Å². The first-order chi connectivity index (χ1) is 6.00. The predicted molar refractivity (Wildman–Crippen MR) is 47.4 cm³/mol. The molecule has 1 atom stereocenters. The Labute approximate surface area is 76.9 Å². The topological polar surface area (TPSA) is 74.6 Å². The van der Waals surface area contributed by atoms with E-state index in [0.29, 0.717) is 12.8 Å². The van der Waals surface area contributed by atoms with Gasteiger partial charge in [-0.3, -0.25) is 9.59 Å². The number of aliphatic carboxylic acids is 2. The van der Waals surface area contributed by atoms with Crippen LogP contribution in [-0.4, -0.2) is 22.2 Å². The molecular formula is C9H14O4. The lowest BCUT2D eigenvalue weighted by atomic mass is 9.90. The van der Waals surface area contributed by atoms with E-state index < -0.39 is 17.9 Å². The Hall–Kier alpha value is -1.32. The van der Waals surface area contributed by atoms with Crippen LogP contribution >= 0.6 is 0 Å². The van der Waals surface area contributed by atoms with Crippen LogP contribution in [0.4, 0.5) is 0 Å². The second-order valence-corrected chi connectivity index (χ2v) is 3.00. The first-order valence-electron chi connectivity index (χ1n) is 4.07. The van der Waals surface area contributed by atoms with Gasteiger partial charge in [-0.2, -0.15) is 0 Å². The monoisotopic (exact) mass is 186 g/mol. The van der Waals surface area contributed by atoms with Crippen LogP contribution in [0.2, 0.25) is 0 Å². The van der Waals surface area contributed by atoms with Crippen molar-refractivity contribution in [1.82, 2.24) is 0 Å². The van der Waals surface area contributed by atoms with Gasteiger partial charge in [-0.15, -0.1) is 6.58 Å². The highest BCUT2D eigenvalue weighted by atomic mass is 16.4. The minimum Gasteiger partial charge on any atom is -0.481 e. The van der Waals surface area contributed by atoms with Crippen molar-refractivity contribution in [2.75, 3.05) is 0 Å². The highest BCUT2D eigenvalue weighted by Gasteiger charge is 2.31. The Balaban J connectivity index is 4.28. The van der Waals surface area contributed by atoms with E-state index in [1.165, 1.54) is 0 Å². The first kappa shape index (κ1) is 11.7. The summed E-state index contributed by atoms with van der Waals surface area (Å²) in [5.41, 5.74) is 0. The van der Waals surface area contributed by atoms with E-state index in [0.717, 1.165) is 0 Å². The Morgan fingerprint density at radius 3 is 2.15 bits per heavy atom. The normalized spacial score (nSPS) is 12.5. The van der Waals surface area contributed by atoms with Gasteiger partial charge >= 0.3 is 11.9 Å². The van der Waals surface area contributed by atoms with Crippen molar-refractivity contribution >= 4 is 11.9 Å². The largest absolute Gasteiger partial charge is 0.481 e. The van der Waals surface area contributed by atoms with E-state index in [1.54, 1.807) is 13.0 Å². The fourth-order valence-corrected chi connectivity index (χ4v) is 1.14. The summed E-state index contributed by atoms with van der Waals surface area (Å²) in [5.74, 6) is -4.22. The summed E-state index contributed by atoms with van der Waals surface area (Å²) < 4.78 is 0. The summed E-state index contributed by atoms with van der Waals surface area (Å²) >= 11 is 0. The zero-order valence-electron chi connectivity index (χ0n) is 7.56. The number of hydrogen-bond acceptors (Lipinski definition) is 2. The van der Waals surface area contributed by atoms with Crippen molar-refractivity contribution in [2.24, 2.45) is 11.8 Å². The van der Waals surface area contributed by atoms with Crippen LogP contribution in [0.5, 0.6) is 0 Å². The fraction of sp³-hybridized carbons (Fsp3) is 0.556. The van der Waals surface area contributed by atoms with Crippen molar-refractivity contribution in [2.45, 2.75) is 19.8 Å².